The number of sulfone groups is 1. The van der Waals surface area contributed by atoms with Crippen LogP contribution in [0.15, 0.2) is 23.5 Å². The second kappa shape index (κ2) is 10.1. The Hall–Kier alpha value is -0.840. The maximum absolute atomic E-state index is 12.0. The van der Waals surface area contributed by atoms with Gasteiger partial charge in [0, 0.05) is 39.1 Å². The van der Waals surface area contributed by atoms with Crippen molar-refractivity contribution in [2.45, 2.75) is 38.5 Å². The molecule has 0 saturated carbocycles. The number of rotatable bonds is 7. The summed E-state index contributed by atoms with van der Waals surface area (Å²) in [7, 11) is -1.45. The van der Waals surface area contributed by atoms with Crippen molar-refractivity contribution in [2.75, 3.05) is 25.9 Å². The summed E-state index contributed by atoms with van der Waals surface area (Å²) in [6.45, 7) is 7.06. The summed E-state index contributed by atoms with van der Waals surface area (Å²) in [6.07, 6.45) is 4.58. The van der Waals surface area contributed by atoms with Crippen molar-refractivity contribution in [2.24, 2.45) is 4.99 Å². The molecule has 0 aliphatic carbocycles. The minimum atomic E-state index is -3.11. The maximum Gasteiger partial charge on any atom is 0.191 e. The third kappa shape index (κ3) is 8.00. The number of hydrogen-bond donors (Lipinski definition) is 2. The Kier molecular flexibility index (Phi) is 9.74. The van der Waals surface area contributed by atoms with Gasteiger partial charge in [0.2, 0.25) is 0 Å². The van der Waals surface area contributed by atoms with Gasteiger partial charge in [-0.3, -0.25) is 9.67 Å². The SMILES string of the molecule is CN=C(NCCCn1cccn1)NCCS(=O)(=O)C(C)(C)C.I. The van der Waals surface area contributed by atoms with E-state index in [4.69, 9.17) is 0 Å². The van der Waals surface area contributed by atoms with E-state index in [9.17, 15) is 8.42 Å². The topological polar surface area (TPSA) is 88.4 Å². The van der Waals surface area contributed by atoms with Crippen molar-refractivity contribution in [3.05, 3.63) is 18.5 Å². The van der Waals surface area contributed by atoms with Crippen LogP contribution in [0.4, 0.5) is 0 Å². The van der Waals surface area contributed by atoms with Gasteiger partial charge in [-0.25, -0.2) is 8.42 Å². The largest absolute Gasteiger partial charge is 0.356 e. The van der Waals surface area contributed by atoms with Crippen molar-refractivity contribution >= 4 is 39.8 Å². The molecule has 1 heterocycles. The van der Waals surface area contributed by atoms with E-state index in [1.807, 2.05) is 16.9 Å². The molecule has 0 saturated heterocycles. The molecule has 0 aliphatic heterocycles. The Morgan fingerprint density at radius 2 is 1.91 bits per heavy atom. The van der Waals surface area contributed by atoms with Crippen LogP contribution in [0, 0.1) is 0 Å². The number of nitrogens with one attached hydrogen (secondary N) is 2. The lowest BCUT2D eigenvalue weighted by molar-refractivity contribution is 0.558. The summed E-state index contributed by atoms with van der Waals surface area (Å²) in [4.78, 5) is 4.08. The summed E-state index contributed by atoms with van der Waals surface area (Å²) in [5.74, 6) is 0.703. The second-order valence-corrected chi connectivity index (χ2v) is 8.84. The zero-order valence-corrected chi connectivity index (χ0v) is 17.4. The van der Waals surface area contributed by atoms with Crippen LogP contribution in [-0.4, -0.2) is 54.8 Å². The van der Waals surface area contributed by atoms with Crippen LogP contribution in [0.3, 0.4) is 0 Å². The molecule has 0 atom stereocenters. The van der Waals surface area contributed by atoms with Crippen molar-refractivity contribution in [1.82, 2.24) is 20.4 Å². The number of nitrogens with zero attached hydrogens (tertiary/aromatic N) is 3. The predicted molar refractivity (Wildman–Crippen MR) is 105 cm³/mol. The van der Waals surface area contributed by atoms with Crippen LogP contribution in [0.1, 0.15) is 27.2 Å². The van der Waals surface area contributed by atoms with E-state index in [1.54, 1.807) is 34.0 Å². The molecule has 23 heavy (non-hydrogen) atoms. The Morgan fingerprint density at radius 3 is 2.43 bits per heavy atom. The number of aromatic nitrogens is 2. The highest BCUT2D eigenvalue weighted by atomic mass is 127. The second-order valence-electron chi connectivity index (χ2n) is 5.98. The van der Waals surface area contributed by atoms with Gasteiger partial charge in [0.05, 0.1) is 10.5 Å². The quantitative estimate of drug-likeness (QED) is 0.279. The molecule has 1 aromatic heterocycles. The van der Waals surface area contributed by atoms with Gasteiger partial charge in [-0.2, -0.15) is 5.10 Å². The van der Waals surface area contributed by atoms with Gasteiger partial charge in [0.25, 0.3) is 0 Å². The van der Waals surface area contributed by atoms with Gasteiger partial charge in [-0.05, 0) is 33.3 Å². The summed E-state index contributed by atoms with van der Waals surface area (Å²) >= 11 is 0. The van der Waals surface area contributed by atoms with E-state index in [2.05, 4.69) is 20.7 Å². The number of hydrogen-bond acceptors (Lipinski definition) is 4. The zero-order valence-electron chi connectivity index (χ0n) is 14.2. The van der Waals surface area contributed by atoms with Crippen molar-refractivity contribution < 1.29 is 8.42 Å². The summed E-state index contributed by atoms with van der Waals surface area (Å²) in [6, 6.07) is 1.89. The van der Waals surface area contributed by atoms with Crippen LogP contribution in [0.25, 0.3) is 0 Å². The van der Waals surface area contributed by atoms with E-state index in [0.29, 0.717) is 12.5 Å². The first-order valence-electron chi connectivity index (χ1n) is 7.40. The predicted octanol–water partition coefficient (Wildman–Crippen LogP) is 1.27. The van der Waals surface area contributed by atoms with Crippen LogP contribution in [0.2, 0.25) is 0 Å². The van der Waals surface area contributed by atoms with E-state index in [-0.39, 0.29) is 29.7 Å². The number of halogens is 1. The standard InChI is InChI=1S/C14H27N5O2S.HI/c1-14(2,3)22(20,21)12-9-17-13(15-4)16-7-5-10-19-11-6-8-18-19;/h6,8,11H,5,7,9-10,12H2,1-4H3,(H2,15,16,17);1H. The average molecular weight is 457 g/mol. The van der Waals surface area contributed by atoms with Crippen molar-refractivity contribution in [3.8, 4) is 0 Å². The molecule has 0 radical (unpaired) electrons. The third-order valence-corrected chi connectivity index (χ3v) is 5.84. The van der Waals surface area contributed by atoms with E-state index in [0.717, 1.165) is 19.5 Å². The molecule has 0 unspecified atom stereocenters. The van der Waals surface area contributed by atoms with Gasteiger partial charge in [-0.15, -0.1) is 24.0 Å². The van der Waals surface area contributed by atoms with Crippen LogP contribution >= 0.6 is 24.0 Å². The molecular formula is C14H28IN5O2S. The van der Waals surface area contributed by atoms with E-state index in [1.165, 1.54) is 0 Å². The van der Waals surface area contributed by atoms with Crippen LogP contribution in [0.5, 0.6) is 0 Å². The highest BCUT2D eigenvalue weighted by molar-refractivity contribution is 14.0. The number of aliphatic imine (C=N–C) groups is 1. The molecule has 0 fully saturated rings. The monoisotopic (exact) mass is 457 g/mol. The molecule has 134 valence electrons. The number of guanidine groups is 1. The lowest BCUT2D eigenvalue weighted by Crippen LogP contribution is -2.42. The van der Waals surface area contributed by atoms with Gasteiger partial charge in [0.15, 0.2) is 15.8 Å². The lowest BCUT2D eigenvalue weighted by Gasteiger charge is -2.19. The fourth-order valence-corrected chi connectivity index (χ4v) is 2.69. The summed E-state index contributed by atoms with van der Waals surface area (Å²) < 4.78 is 25.1. The Labute approximate surface area is 156 Å². The third-order valence-electron chi connectivity index (χ3n) is 3.24. The molecule has 2 N–H and O–H groups in total. The highest BCUT2D eigenvalue weighted by Gasteiger charge is 2.28. The number of aryl methyl sites for hydroxylation is 1. The molecule has 0 aliphatic rings. The zero-order chi connectivity index (χ0) is 16.6. The lowest BCUT2D eigenvalue weighted by atomic mass is 10.3. The van der Waals surface area contributed by atoms with Gasteiger partial charge in [0.1, 0.15) is 0 Å². The average Bonchev–Trinajstić information content (AvgIpc) is 2.93. The van der Waals surface area contributed by atoms with Crippen molar-refractivity contribution in [1.29, 1.82) is 0 Å². The molecule has 1 aromatic rings. The first-order chi connectivity index (χ1) is 10.3. The maximum atomic E-state index is 12.0. The van der Waals surface area contributed by atoms with Crippen LogP contribution < -0.4 is 10.6 Å². The minimum Gasteiger partial charge on any atom is -0.356 e. The molecule has 0 aromatic carbocycles. The first-order valence-corrected chi connectivity index (χ1v) is 9.06. The van der Waals surface area contributed by atoms with Gasteiger partial charge in [-0.1, -0.05) is 0 Å². The first kappa shape index (κ1) is 22.2. The summed E-state index contributed by atoms with van der Waals surface area (Å²) in [5.41, 5.74) is 0. The van der Waals surface area contributed by atoms with Gasteiger partial charge >= 0.3 is 0 Å². The smallest absolute Gasteiger partial charge is 0.191 e. The Balaban J connectivity index is 0.00000484. The summed E-state index contributed by atoms with van der Waals surface area (Å²) in [5, 5.41) is 10.3. The van der Waals surface area contributed by atoms with Gasteiger partial charge < -0.3 is 10.6 Å². The normalized spacial score (nSPS) is 12.6. The Morgan fingerprint density at radius 1 is 1.26 bits per heavy atom. The van der Waals surface area contributed by atoms with E-state index < -0.39 is 14.6 Å². The molecular weight excluding hydrogens is 429 g/mol. The molecule has 0 bridgehead atoms. The molecule has 1 rings (SSSR count). The fraction of sp³-hybridized carbons (Fsp3) is 0.714. The van der Waals surface area contributed by atoms with Crippen molar-refractivity contribution in [3.63, 3.8) is 0 Å². The molecule has 0 amide bonds. The fourth-order valence-electron chi connectivity index (χ4n) is 1.71. The molecule has 0 spiro atoms. The minimum absolute atomic E-state index is 0. The van der Waals surface area contributed by atoms with E-state index >= 15 is 0 Å². The highest BCUT2D eigenvalue weighted by Crippen LogP contribution is 2.15. The van der Waals surface area contributed by atoms with Crippen LogP contribution in [-0.2, 0) is 16.4 Å². The molecule has 9 heteroatoms. The Bertz CT molecular complexity index is 564. The molecule has 7 nitrogen and oxygen atoms in total.